The van der Waals surface area contributed by atoms with Crippen LogP contribution in [0.3, 0.4) is 0 Å². The van der Waals surface area contributed by atoms with Crippen molar-refractivity contribution < 1.29 is 10.0 Å². The van der Waals surface area contributed by atoms with Crippen LogP contribution in [0.2, 0.25) is 0 Å². The monoisotopic (exact) mass is 279 g/mol. The van der Waals surface area contributed by atoms with Crippen LogP contribution in [-0.4, -0.2) is 26.7 Å². The van der Waals surface area contributed by atoms with Gasteiger partial charge in [-0.2, -0.15) is 5.10 Å². The second kappa shape index (κ2) is 5.15. The predicted octanol–water partition coefficient (Wildman–Crippen LogP) is 0.507. The number of aromatic nitrogens is 2. The van der Waals surface area contributed by atoms with Gasteiger partial charge in [0.15, 0.2) is 5.84 Å². The number of aryl methyl sites for hydroxylation is 1. The number of hydrogen-bond donors (Lipinski definition) is 3. The van der Waals surface area contributed by atoms with Crippen LogP contribution in [0.15, 0.2) is 11.4 Å². The molecule has 0 unspecified atom stereocenters. The fourth-order valence-corrected chi connectivity index (χ4v) is 2.80. The van der Waals surface area contributed by atoms with Crippen molar-refractivity contribution in [1.82, 2.24) is 15.1 Å². The topological polar surface area (TPSA) is 106 Å². The Kier molecular flexibility index (Phi) is 3.69. The summed E-state index contributed by atoms with van der Waals surface area (Å²) in [5, 5.41) is 18.9. The molecule has 1 aromatic heterocycles. The molecule has 7 heteroatoms. The van der Waals surface area contributed by atoms with Gasteiger partial charge in [0.25, 0.3) is 0 Å². The molecule has 1 aliphatic rings. The molecule has 0 atom stereocenters. The van der Waals surface area contributed by atoms with Gasteiger partial charge >= 0.3 is 0 Å². The van der Waals surface area contributed by atoms with Crippen LogP contribution in [0.25, 0.3) is 0 Å². The van der Waals surface area contributed by atoms with Gasteiger partial charge in [-0.1, -0.05) is 12.1 Å². The summed E-state index contributed by atoms with van der Waals surface area (Å²) in [6.07, 6.45) is 2.96. The van der Waals surface area contributed by atoms with E-state index in [1.807, 2.05) is 20.9 Å². The molecule has 0 saturated heterocycles. The van der Waals surface area contributed by atoms with Gasteiger partial charge in [0.05, 0.1) is 6.20 Å². The average molecular weight is 279 g/mol. The molecule has 1 amide bonds. The molecule has 110 valence electrons. The summed E-state index contributed by atoms with van der Waals surface area (Å²) in [5.41, 5.74) is 6.81. The van der Waals surface area contributed by atoms with E-state index < -0.39 is 5.41 Å². The lowest BCUT2D eigenvalue weighted by atomic mass is 9.61. The van der Waals surface area contributed by atoms with Gasteiger partial charge < -0.3 is 16.3 Å². The molecular weight excluding hydrogens is 258 g/mol. The molecule has 0 radical (unpaired) electrons. The minimum absolute atomic E-state index is 0.00370. The SMILES string of the molecule is Cc1c(CNC(=O)C2(C(N)=NO)CC(C)C2)cnn1C. The lowest BCUT2D eigenvalue weighted by Gasteiger charge is -2.43. The first kappa shape index (κ1) is 14.4. The zero-order chi connectivity index (χ0) is 14.9. The van der Waals surface area contributed by atoms with Crippen LogP contribution < -0.4 is 11.1 Å². The molecule has 7 nitrogen and oxygen atoms in total. The van der Waals surface area contributed by atoms with Crippen LogP contribution >= 0.6 is 0 Å². The van der Waals surface area contributed by atoms with Crippen LogP contribution in [0.1, 0.15) is 31.0 Å². The lowest BCUT2D eigenvalue weighted by Crippen LogP contribution is -2.56. The van der Waals surface area contributed by atoms with E-state index in [0.717, 1.165) is 11.3 Å². The first-order valence-electron chi connectivity index (χ1n) is 6.64. The highest BCUT2D eigenvalue weighted by Gasteiger charge is 2.52. The van der Waals surface area contributed by atoms with Crippen molar-refractivity contribution >= 4 is 11.7 Å². The molecule has 0 spiro atoms. The highest BCUT2D eigenvalue weighted by atomic mass is 16.4. The normalized spacial score (nSPS) is 26.1. The van der Waals surface area contributed by atoms with Crippen LogP contribution in [0.5, 0.6) is 0 Å². The van der Waals surface area contributed by atoms with E-state index in [4.69, 9.17) is 10.9 Å². The van der Waals surface area contributed by atoms with E-state index in [-0.39, 0.29) is 11.7 Å². The van der Waals surface area contributed by atoms with Crippen molar-refractivity contribution in [2.75, 3.05) is 0 Å². The third-order valence-electron chi connectivity index (χ3n) is 4.20. The second-order valence-corrected chi connectivity index (χ2v) is 5.64. The molecule has 1 fully saturated rings. The zero-order valence-corrected chi connectivity index (χ0v) is 12.1. The number of nitrogens with zero attached hydrogens (tertiary/aromatic N) is 3. The fourth-order valence-electron chi connectivity index (χ4n) is 2.80. The molecule has 4 N–H and O–H groups in total. The standard InChI is InChI=1S/C13H21N5O2/c1-8-4-13(5-8,11(14)17-20)12(19)15-6-10-7-16-18(3)9(10)2/h7-8,20H,4-6H2,1-3H3,(H2,14,17)(H,15,19). The molecule has 0 aromatic carbocycles. The average Bonchev–Trinajstić information content (AvgIpc) is 2.71. The van der Waals surface area contributed by atoms with E-state index in [2.05, 4.69) is 15.6 Å². The van der Waals surface area contributed by atoms with E-state index >= 15 is 0 Å². The predicted molar refractivity (Wildman–Crippen MR) is 74.0 cm³/mol. The van der Waals surface area contributed by atoms with Gasteiger partial charge in [-0.05, 0) is 25.7 Å². The quantitative estimate of drug-likeness (QED) is 0.323. The highest BCUT2D eigenvalue weighted by molar-refractivity contribution is 6.07. The van der Waals surface area contributed by atoms with Crippen molar-refractivity contribution in [3.8, 4) is 0 Å². The van der Waals surface area contributed by atoms with Gasteiger partial charge in [-0.15, -0.1) is 0 Å². The van der Waals surface area contributed by atoms with Crippen molar-refractivity contribution in [3.63, 3.8) is 0 Å². The number of carbonyl (C=O) groups is 1. The van der Waals surface area contributed by atoms with Crippen molar-refractivity contribution in [3.05, 3.63) is 17.5 Å². The molecule has 0 aliphatic heterocycles. The Morgan fingerprint density at radius 3 is 2.80 bits per heavy atom. The molecule has 20 heavy (non-hydrogen) atoms. The number of oxime groups is 1. The minimum Gasteiger partial charge on any atom is -0.409 e. The van der Waals surface area contributed by atoms with Gasteiger partial charge in [0, 0.05) is 24.8 Å². The number of hydrogen-bond acceptors (Lipinski definition) is 4. The summed E-state index contributed by atoms with van der Waals surface area (Å²) in [6, 6.07) is 0. The van der Waals surface area contributed by atoms with E-state index in [1.54, 1.807) is 10.9 Å². The van der Waals surface area contributed by atoms with Crippen molar-refractivity contribution in [1.29, 1.82) is 0 Å². The first-order chi connectivity index (χ1) is 9.40. The molecule has 1 saturated carbocycles. The Bertz CT molecular complexity index is 543. The second-order valence-electron chi connectivity index (χ2n) is 5.64. The van der Waals surface area contributed by atoms with E-state index in [0.29, 0.717) is 25.3 Å². The summed E-state index contributed by atoms with van der Waals surface area (Å²) in [4.78, 5) is 12.4. The summed E-state index contributed by atoms with van der Waals surface area (Å²) in [6.45, 7) is 4.38. The number of carbonyl (C=O) groups excluding carboxylic acids is 1. The van der Waals surface area contributed by atoms with Crippen molar-refractivity contribution in [2.24, 2.45) is 29.3 Å². The Labute approximate surface area is 117 Å². The Hall–Kier alpha value is -2.05. The van der Waals surface area contributed by atoms with Crippen LogP contribution in [0, 0.1) is 18.3 Å². The van der Waals surface area contributed by atoms with Crippen molar-refractivity contribution in [2.45, 2.75) is 33.2 Å². The molecule has 1 aliphatic carbocycles. The van der Waals surface area contributed by atoms with Gasteiger partial charge in [-0.25, -0.2) is 0 Å². The third-order valence-corrected chi connectivity index (χ3v) is 4.20. The summed E-state index contributed by atoms with van der Waals surface area (Å²) in [5.74, 6) is 0.214. The van der Waals surface area contributed by atoms with Gasteiger partial charge in [-0.3, -0.25) is 9.48 Å². The highest BCUT2D eigenvalue weighted by Crippen LogP contribution is 2.45. The first-order valence-corrected chi connectivity index (χ1v) is 6.64. The molecule has 2 rings (SSSR count). The molecule has 1 aromatic rings. The Balaban J connectivity index is 2.05. The van der Waals surface area contributed by atoms with Crippen LogP contribution in [0.4, 0.5) is 0 Å². The number of rotatable bonds is 4. The van der Waals surface area contributed by atoms with Gasteiger partial charge in [0.2, 0.25) is 5.91 Å². The maximum atomic E-state index is 12.4. The smallest absolute Gasteiger partial charge is 0.234 e. The van der Waals surface area contributed by atoms with Crippen LogP contribution in [-0.2, 0) is 18.4 Å². The van der Waals surface area contributed by atoms with E-state index in [1.165, 1.54) is 0 Å². The maximum Gasteiger partial charge on any atom is 0.234 e. The minimum atomic E-state index is -0.857. The Morgan fingerprint density at radius 1 is 1.70 bits per heavy atom. The lowest BCUT2D eigenvalue weighted by molar-refractivity contribution is -0.133. The number of amidine groups is 1. The zero-order valence-electron chi connectivity index (χ0n) is 12.1. The van der Waals surface area contributed by atoms with Gasteiger partial charge in [0.1, 0.15) is 5.41 Å². The summed E-state index contributed by atoms with van der Waals surface area (Å²) in [7, 11) is 1.85. The maximum absolute atomic E-state index is 12.4. The number of nitrogens with two attached hydrogens (primary N) is 1. The number of amides is 1. The summed E-state index contributed by atoms with van der Waals surface area (Å²) >= 11 is 0. The molecular formula is C13H21N5O2. The largest absolute Gasteiger partial charge is 0.409 e. The number of nitrogens with one attached hydrogen (secondary N) is 1. The molecule has 1 heterocycles. The Morgan fingerprint density at radius 2 is 2.35 bits per heavy atom. The third kappa shape index (κ3) is 2.23. The fraction of sp³-hybridized carbons (Fsp3) is 0.615. The van der Waals surface area contributed by atoms with E-state index in [9.17, 15) is 4.79 Å². The summed E-state index contributed by atoms with van der Waals surface area (Å²) < 4.78 is 1.76. The molecule has 0 bridgehead atoms.